The normalized spacial score (nSPS) is 14.9. The highest BCUT2D eigenvalue weighted by molar-refractivity contribution is 7.18. The number of para-hydroxylation sites is 1. The highest BCUT2D eigenvalue weighted by atomic mass is 32.1. The number of thiazole rings is 1. The van der Waals surface area contributed by atoms with Crippen molar-refractivity contribution in [1.29, 1.82) is 0 Å². The average molecular weight is 346 g/mol. The summed E-state index contributed by atoms with van der Waals surface area (Å²) in [5, 5.41) is 12.1. The van der Waals surface area contributed by atoms with Gasteiger partial charge >= 0.3 is 6.18 Å². The molecule has 23 heavy (non-hydrogen) atoms. The smallest absolute Gasteiger partial charge is 0.374 e. The molecule has 0 saturated carbocycles. The molecule has 1 aromatic carbocycles. The number of halogens is 3. The van der Waals surface area contributed by atoms with E-state index in [9.17, 15) is 23.1 Å². The lowest BCUT2D eigenvalue weighted by atomic mass is 9.99. The molecule has 1 atom stereocenters. The van der Waals surface area contributed by atoms with Crippen molar-refractivity contribution in [2.75, 3.05) is 6.54 Å². The number of rotatable bonds is 5. The van der Waals surface area contributed by atoms with Gasteiger partial charge in [-0.05, 0) is 18.1 Å². The molecule has 0 unspecified atom stereocenters. The fourth-order valence-electron chi connectivity index (χ4n) is 1.96. The van der Waals surface area contributed by atoms with E-state index >= 15 is 0 Å². The molecule has 0 saturated heterocycles. The molecule has 1 aromatic heterocycles. The van der Waals surface area contributed by atoms with Gasteiger partial charge in [0.2, 0.25) is 11.5 Å². The molecule has 0 aliphatic heterocycles. The van der Waals surface area contributed by atoms with Crippen LogP contribution in [-0.4, -0.2) is 28.7 Å². The van der Waals surface area contributed by atoms with E-state index in [-0.39, 0.29) is 12.5 Å². The van der Waals surface area contributed by atoms with Crippen molar-refractivity contribution in [1.82, 2.24) is 10.3 Å². The van der Waals surface area contributed by atoms with E-state index in [4.69, 9.17) is 0 Å². The average Bonchev–Trinajstić information content (AvgIpc) is 2.88. The second-order valence-electron chi connectivity index (χ2n) is 5.72. The maximum Gasteiger partial charge on any atom is 0.424 e. The summed E-state index contributed by atoms with van der Waals surface area (Å²) < 4.78 is 40.8. The predicted molar refractivity (Wildman–Crippen MR) is 82.0 cm³/mol. The topological polar surface area (TPSA) is 62.2 Å². The van der Waals surface area contributed by atoms with Crippen LogP contribution in [0.15, 0.2) is 24.3 Å². The third kappa shape index (κ3) is 3.81. The van der Waals surface area contributed by atoms with E-state index in [1.54, 1.807) is 24.3 Å². The van der Waals surface area contributed by atoms with Crippen LogP contribution in [0.1, 0.15) is 25.3 Å². The second-order valence-corrected chi connectivity index (χ2v) is 6.75. The Morgan fingerprint density at radius 2 is 2.00 bits per heavy atom. The number of aromatic nitrogens is 1. The molecule has 0 bridgehead atoms. The molecule has 0 aliphatic rings. The summed E-state index contributed by atoms with van der Waals surface area (Å²) in [4.78, 5) is 15.7. The summed E-state index contributed by atoms with van der Waals surface area (Å²) in [6.07, 6.45) is -6.11. The maximum atomic E-state index is 13.4. The number of hydrogen-bond donors (Lipinski definition) is 2. The molecular formula is C15H17F3N2O2S. The quantitative estimate of drug-likeness (QED) is 0.874. The summed E-state index contributed by atoms with van der Waals surface area (Å²) in [6.45, 7) is 3.89. The lowest BCUT2D eigenvalue weighted by molar-refractivity contribution is -0.267. The first kappa shape index (κ1) is 17.7. The van der Waals surface area contributed by atoms with E-state index in [1.807, 2.05) is 13.8 Å². The van der Waals surface area contributed by atoms with Crippen molar-refractivity contribution in [3.63, 3.8) is 0 Å². The predicted octanol–water partition coefficient (Wildman–Crippen LogP) is 3.21. The van der Waals surface area contributed by atoms with Gasteiger partial charge in [0.05, 0.1) is 16.6 Å². The Labute approximate surface area is 135 Å². The Bertz CT molecular complexity index is 666. The Morgan fingerprint density at radius 3 is 2.57 bits per heavy atom. The molecule has 8 heteroatoms. The molecule has 0 radical (unpaired) electrons. The maximum absolute atomic E-state index is 13.4. The van der Waals surface area contributed by atoms with Crippen LogP contribution < -0.4 is 5.32 Å². The Kier molecular flexibility index (Phi) is 4.95. The highest BCUT2D eigenvalue weighted by Gasteiger charge is 2.58. The van der Waals surface area contributed by atoms with E-state index < -0.39 is 29.1 Å². The van der Waals surface area contributed by atoms with E-state index in [0.29, 0.717) is 10.2 Å². The monoisotopic (exact) mass is 346 g/mol. The van der Waals surface area contributed by atoms with Gasteiger partial charge in [-0.25, -0.2) is 4.98 Å². The minimum atomic E-state index is -5.00. The van der Waals surface area contributed by atoms with Gasteiger partial charge in [-0.2, -0.15) is 13.2 Å². The van der Waals surface area contributed by atoms with Gasteiger partial charge in [-0.15, -0.1) is 11.3 Å². The number of nitrogens with zero attached hydrogens (tertiary/aromatic N) is 1. The molecule has 0 fully saturated rings. The molecule has 126 valence electrons. The summed E-state index contributed by atoms with van der Waals surface area (Å²) in [7, 11) is 0. The number of carbonyl (C=O) groups excluding carboxylic acids is 1. The van der Waals surface area contributed by atoms with Crippen molar-refractivity contribution < 1.29 is 23.1 Å². The second kappa shape index (κ2) is 6.45. The van der Waals surface area contributed by atoms with Crippen LogP contribution >= 0.6 is 11.3 Å². The summed E-state index contributed by atoms with van der Waals surface area (Å²) in [5.41, 5.74) is -2.93. The number of nitrogens with one attached hydrogen (secondary N) is 1. The fourth-order valence-corrected chi connectivity index (χ4v) is 3.03. The first-order valence-electron chi connectivity index (χ1n) is 7.05. The molecule has 4 nitrogen and oxygen atoms in total. The number of aliphatic hydroxyl groups is 1. The molecule has 2 N–H and O–H groups in total. The molecule has 1 heterocycles. The SMILES string of the molecule is CC(C)CNC(=O)C[C@](O)(c1nc2ccccc2s1)C(F)(F)F. The summed E-state index contributed by atoms with van der Waals surface area (Å²) in [6, 6.07) is 6.50. The molecule has 0 aliphatic carbocycles. The minimum absolute atomic E-state index is 0.0976. The third-order valence-electron chi connectivity index (χ3n) is 3.24. The largest absolute Gasteiger partial charge is 0.424 e. The summed E-state index contributed by atoms with van der Waals surface area (Å²) in [5.74, 6) is -0.766. The Balaban J connectivity index is 2.34. The van der Waals surface area contributed by atoms with Crippen LogP contribution in [0.5, 0.6) is 0 Å². The van der Waals surface area contributed by atoms with Crippen molar-refractivity contribution >= 4 is 27.5 Å². The van der Waals surface area contributed by atoms with Gasteiger partial charge in [0.1, 0.15) is 5.01 Å². The number of carbonyl (C=O) groups is 1. The van der Waals surface area contributed by atoms with Crippen LogP contribution in [0.3, 0.4) is 0 Å². The number of hydrogen-bond acceptors (Lipinski definition) is 4. The zero-order valence-corrected chi connectivity index (χ0v) is 13.5. The molecule has 2 rings (SSSR count). The zero-order valence-electron chi connectivity index (χ0n) is 12.6. The van der Waals surface area contributed by atoms with Crippen LogP contribution in [0.2, 0.25) is 0 Å². The van der Waals surface area contributed by atoms with Crippen molar-refractivity contribution in [3.05, 3.63) is 29.3 Å². The van der Waals surface area contributed by atoms with Crippen LogP contribution in [0.4, 0.5) is 13.2 Å². The lowest BCUT2D eigenvalue weighted by Gasteiger charge is -2.28. The van der Waals surface area contributed by atoms with Crippen LogP contribution in [0, 0.1) is 5.92 Å². The number of alkyl halides is 3. The number of amides is 1. The zero-order chi connectivity index (χ0) is 17.3. The molecular weight excluding hydrogens is 329 g/mol. The number of fused-ring (bicyclic) bond motifs is 1. The van der Waals surface area contributed by atoms with Gasteiger partial charge in [-0.3, -0.25) is 4.79 Å². The third-order valence-corrected chi connectivity index (χ3v) is 4.43. The Hall–Kier alpha value is -1.67. The minimum Gasteiger partial charge on any atom is -0.374 e. The van der Waals surface area contributed by atoms with Crippen molar-refractivity contribution in [2.24, 2.45) is 5.92 Å². The molecule has 2 aromatic rings. The van der Waals surface area contributed by atoms with E-state index in [0.717, 1.165) is 11.3 Å². The lowest BCUT2D eigenvalue weighted by Crippen LogP contribution is -2.46. The van der Waals surface area contributed by atoms with Gasteiger partial charge in [-0.1, -0.05) is 26.0 Å². The first-order valence-corrected chi connectivity index (χ1v) is 7.87. The van der Waals surface area contributed by atoms with Crippen molar-refractivity contribution in [3.8, 4) is 0 Å². The highest BCUT2D eigenvalue weighted by Crippen LogP contribution is 2.44. The fraction of sp³-hybridized carbons (Fsp3) is 0.467. The van der Waals surface area contributed by atoms with Crippen LogP contribution in [0.25, 0.3) is 10.2 Å². The van der Waals surface area contributed by atoms with E-state index in [2.05, 4.69) is 10.3 Å². The molecule has 0 spiro atoms. The first-order chi connectivity index (χ1) is 10.6. The summed E-state index contributed by atoms with van der Waals surface area (Å²) >= 11 is 0.736. The molecule has 1 amide bonds. The van der Waals surface area contributed by atoms with Gasteiger partial charge in [0, 0.05) is 6.54 Å². The van der Waals surface area contributed by atoms with Gasteiger partial charge in [0.15, 0.2) is 0 Å². The number of benzene rings is 1. The Morgan fingerprint density at radius 1 is 1.35 bits per heavy atom. The standard InChI is InChI=1S/C15H17F3N2O2S/c1-9(2)8-19-12(21)7-14(22,15(16,17)18)13-20-10-5-3-4-6-11(10)23-13/h3-6,9,22H,7-8H2,1-2H3,(H,19,21)/t14-/m0/s1. The van der Waals surface area contributed by atoms with Crippen LogP contribution in [-0.2, 0) is 10.4 Å². The van der Waals surface area contributed by atoms with E-state index in [1.165, 1.54) is 0 Å². The van der Waals surface area contributed by atoms with Gasteiger partial charge in [0.25, 0.3) is 0 Å². The van der Waals surface area contributed by atoms with Gasteiger partial charge < -0.3 is 10.4 Å². The van der Waals surface area contributed by atoms with Crippen molar-refractivity contribution in [2.45, 2.75) is 32.0 Å².